The zero-order chi connectivity index (χ0) is 53.6. The van der Waals surface area contributed by atoms with Gasteiger partial charge in [-0.25, -0.2) is 9.18 Å². The zero-order valence-corrected chi connectivity index (χ0v) is 42.6. The first-order valence-corrected chi connectivity index (χ1v) is 25.4. The van der Waals surface area contributed by atoms with Crippen LogP contribution < -0.4 is 24.3 Å². The van der Waals surface area contributed by atoms with Gasteiger partial charge in [0.25, 0.3) is 5.69 Å². The number of hydrogen-bond acceptors (Lipinski definition) is 13. The van der Waals surface area contributed by atoms with E-state index in [-0.39, 0.29) is 62.7 Å². The van der Waals surface area contributed by atoms with Crippen LogP contribution in [0.1, 0.15) is 73.1 Å². The van der Waals surface area contributed by atoms with Crippen molar-refractivity contribution >= 4 is 35.2 Å². The lowest BCUT2D eigenvalue weighted by Gasteiger charge is -2.60. The van der Waals surface area contributed by atoms with Gasteiger partial charge in [0.1, 0.15) is 41.5 Å². The second kappa shape index (κ2) is 25.6. The quantitative estimate of drug-likeness (QED) is 0.0174. The number of unbranched alkanes of at least 4 members (excludes halogenated alkanes) is 2. The Bertz CT molecular complexity index is 2910. The van der Waals surface area contributed by atoms with Crippen LogP contribution in [0.15, 0.2) is 151 Å². The van der Waals surface area contributed by atoms with Crippen LogP contribution in [0.3, 0.4) is 0 Å². The van der Waals surface area contributed by atoms with Crippen LogP contribution in [-0.2, 0) is 27.5 Å². The highest BCUT2D eigenvalue weighted by Gasteiger charge is 2.65. The van der Waals surface area contributed by atoms with Gasteiger partial charge in [0.15, 0.2) is 0 Å². The molecule has 5 aromatic rings. The molecule has 2 amide bonds. The molecule has 0 radical (unpaired) electrons. The van der Waals surface area contributed by atoms with Crippen molar-refractivity contribution in [2.45, 2.75) is 75.8 Å². The molecule has 6 unspecified atom stereocenters. The minimum absolute atomic E-state index is 0.0121. The third-order valence-corrected chi connectivity index (χ3v) is 14.2. The Morgan fingerprint density at radius 1 is 0.908 bits per heavy atom. The fourth-order valence-electron chi connectivity index (χ4n) is 10.7. The Hall–Kier alpha value is -7.86. The molecule has 8 rings (SSSR count). The number of amides is 2. The Labute approximate surface area is 441 Å². The molecule has 0 aromatic heterocycles. The van der Waals surface area contributed by atoms with Crippen molar-refractivity contribution in [3.63, 3.8) is 0 Å². The number of rotatable bonds is 24. The maximum absolute atomic E-state index is 15.3. The van der Waals surface area contributed by atoms with Crippen molar-refractivity contribution in [3.8, 4) is 23.0 Å². The van der Waals surface area contributed by atoms with Crippen LogP contribution in [0, 0.1) is 33.7 Å². The van der Waals surface area contributed by atoms with E-state index in [1.54, 1.807) is 77.7 Å². The van der Waals surface area contributed by atoms with E-state index in [0.717, 1.165) is 11.1 Å². The van der Waals surface area contributed by atoms with Crippen molar-refractivity contribution in [2.75, 3.05) is 39.4 Å². The van der Waals surface area contributed by atoms with E-state index < -0.39 is 46.4 Å². The number of nitro benzene ring substituents is 1. The van der Waals surface area contributed by atoms with Gasteiger partial charge in [-0.15, -0.1) is 6.58 Å². The van der Waals surface area contributed by atoms with Crippen molar-refractivity contribution in [1.29, 1.82) is 0 Å². The molecule has 16 nitrogen and oxygen atoms in total. The number of anilines is 1. The highest BCUT2D eigenvalue weighted by Crippen LogP contribution is 2.62. The summed E-state index contributed by atoms with van der Waals surface area (Å²) in [5.41, 5.74) is 4.30. The molecule has 1 aliphatic heterocycles. The van der Waals surface area contributed by atoms with Gasteiger partial charge < -0.3 is 43.6 Å². The SMILES string of the molecule is C=CCOC12Oc3ccc(OC(=O)Nc4ccc(OC)cc4OC)cc3C3C(CCCCO)C(CCCCO)C=C(C(=NOCc4ccccc4)CC1N(Cc1ccc(F)cc1)C(=O)C=Cc1ccc([N+](=O)[O-])cc1)C32. The number of benzene rings is 5. The molecule has 1 heterocycles. The molecule has 3 aliphatic rings. The Morgan fingerprint density at radius 3 is 2.34 bits per heavy atom. The van der Waals surface area contributed by atoms with Crippen LogP contribution >= 0.6 is 0 Å². The van der Waals surface area contributed by atoms with Gasteiger partial charge in [-0.05, 0) is 120 Å². The molecule has 0 saturated heterocycles. The summed E-state index contributed by atoms with van der Waals surface area (Å²) in [4.78, 5) is 47.9. The number of nitrogens with one attached hydrogen (secondary N) is 1. The number of allylic oxidation sites excluding steroid dienone is 1. The van der Waals surface area contributed by atoms with Crippen molar-refractivity contribution in [1.82, 2.24) is 4.90 Å². The predicted molar refractivity (Wildman–Crippen MR) is 284 cm³/mol. The van der Waals surface area contributed by atoms with Crippen molar-refractivity contribution in [3.05, 3.63) is 184 Å². The van der Waals surface area contributed by atoms with E-state index >= 15 is 4.79 Å². The number of fused-ring (bicyclic) bond motifs is 2. The average Bonchev–Trinajstić information content (AvgIpc) is 3.47. The topological polar surface area (TPSA) is 201 Å². The fraction of sp³-hybridized carbons (Fsp3) is 0.339. The fourth-order valence-corrected chi connectivity index (χ4v) is 10.7. The summed E-state index contributed by atoms with van der Waals surface area (Å²) in [6.45, 7) is 4.12. The largest absolute Gasteiger partial charge is 0.497 e. The number of ether oxygens (including phenoxy) is 5. The second-order valence-electron chi connectivity index (χ2n) is 18.9. The Morgan fingerprint density at radius 2 is 1.64 bits per heavy atom. The monoisotopic (exact) mass is 1040 g/mol. The number of aliphatic hydroxyl groups is 2. The number of carbonyl (C=O) groups excluding carboxylic acids is 2. The first-order chi connectivity index (χ1) is 37.0. The predicted octanol–water partition coefficient (Wildman–Crippen LogP) is 10.9. The van der Waals surface area contributed by atoms with Crippen LogP contribution in [0.25, 0.3) is 6.08 Å². The molecule has 17 heteroatoms. The molecule has 2 aliphatic carbocycles. The maximum Gasteiger partial charge on any atom is 0.417 e. The summed E-state index contributed by atoms with van der Waals surface area (Å²) in [5, 5.41) is 39.3. The molecule has 0 bridgehead atoms. The normalized spacial score (nSPS) is 20.8. The van der Waals surface area contributed by atoms with Crippen LogP contribution in [0.4, 0.5) is 20.6 Å². The average molecular weight is 1040 g/mol. The Balaban J connectivity index is 1.31. The third-order valence-electron chi connectivity index (χ3n) is 14.2. The van der Waals surface area contributed by atoms with E-state index in [4.69, 9.17) is 33.7 Å². The van der Waals surface area contributed by atoms with Crippen LogP contribution in [-0.4, -0.2) is 83.6 Å². The van der Waals surface area contributed by atoms with Gasteiger partial charge in [-0.2, -0.15) is 0 Å². The minimum atomic E-state index is -1.68. The summed E-state index contributed by atoms with van der Waals surface area (Å²) >= 11 is 0. The molecule has 6 atom stereocenters. The maximum atomic E-state index is 15.3. The number of methoxy groups -OCH3 is 2. The highest BCUT2D eigenvalue weighted by molar-refractivity contribution is 6.03. The molecule has 1 saturated carbocycles. The van der Waals surface area contributed by atoms with E-state index in [9.17, 15) is 29.5 Å². The highest BCUT2D eigenvalue weighted by atomic mass is 19.1. The van der Waals surface area contributed by atoms with E-state index in [0.29, 0.717) is 83.9 Å². The molecule has 0 spiro atoms. The summed E-state index contributed by atoms with van der Waals surface area (Å²) in [5.74, 6) is -2.54. The molecular formula is C59H63FN4O12. The molecule has 1 fully saturated rings. The van der Waals surface area contributed by atoms with Gasteiger partial charge >= 0.3 is 6.09 Å². The molecule has 76 heavy (non-hydrogen) atoms. The summed E-state index contributed by atoms with van der Waals surface area (Å²) in [7, 11) is 3.01. The number of aliphatic hydroxyl groups excluding tert-OH is 2. The lowest BCUT2D eigenvalue weighted by Crippen LogP contribution is -2.70. The van der Waals surface area contributed by atoms with Gasteiger partial charge in [-0.1, -0.05) is 72.6 Å². The first kappa shape index (κ1) is 54.4. The van der Waals surface area contributed by atoms with Gasteiger partial charge in [0.05, 0.1) is 43.1 Å². The zero-order valence-electron chi connectivity index (χ0n) is 42.6. The van der Waals surface area contributed by atoms with Crippen molar-refractivity contribution in [2.24, 2.45) is 22.9 Å². The number of nitro groups is 1. The van der Waals surface area contributed by atoms with Gasteiger partial charge in [-0.3, -0.25) is 20.2 Å². The van der Waals surface area contributed by atoms with E-state index in [1.807, 2.05) is 30.3 Å². The number of carbonyl (C=O) groups is 2. The summed E-state index contributed by atoms with van der Waals surface area (Å²) < 4.78 is 46.0. The number of non-ortho nitro benzene ring substituents is 1. The van der Waals surface area contributed by atoms with E-state index in [1.165, 1.54) is 44.6 Å². The van der Waals surface area contributed by atoms with Gasteiger partial charge in [0, 0.05) is 61.9 Å². The van der Waals surface area contributed by atoms with Crippen molar-refractivity contribution < 1.29 is 57.6 Å². The standard InChI is InChI=1S/C59H63FN4O12/c1-4-32-73-59-54(63(37-40-16-21-43(60)22-17-40)55(67)29-20-39-18-23-44(24-19-39)64(69)70)36-51(62-74-38-41-12-6-5-7-13-41)48-33-42(14-8-10-30-65)47(15-9-11-31-66)56(57(48)59)49-34-46(26-28-52(49)76-59)75-58(68)61-50-27-25-45(71-2)35-53(50)72-3/h4-7,12-13,16-29,33-35,42,47,54,56-57,65-66H,1,8-11,14-15,30-32,36-38H2,2-3H3,(H,61,68). The third kappa shape index (κ3) is 12.6. The lowest BCUT2D eigenvalue weighted by atomic mass is 9.55. The number of hydrogen-bond donors (Lipinski definition) is 3. The summed E-state index contributed by atoms with van der Waals surface area (Å²) in [6, 6.07) is 30.4. The summed E-state index contributed by atoms with van der Waals surface area (Å²) in [6.07, 6.45) is 9.90. The first-order valence-electron chi connectivity index (χ1n) is 25.4. The molecular weight excluding hydrogens is 976 g/mol. The van der Waals surface area contributed by atoms with Crippen LogP contribution in [0.5, 0.6) is 23.0 Å². The van der Waals surface area contributed by atoms with E-state index in [2.05, 4.69) is 18.0 Å². The molecule has 398 valence electrons. The molecule has 5 aromatic carbocycles. The smallest absolute Gasteiger partial charge is 0.417 e. The molecule has 3 N–H and O–H groups in total. The number of halogens is 1. The van der Waals surface area contributed by atoms with Gasteiger partial charge in [0.2, 0.25) is 11.7 Å². The lowest BCUT2D eigenvalue weighted by molar-refractivity contribution is -0.384. The second-order valence-corrected chi connectivity index (χ2v) is 18.9. The number of nitrogens with zero attached hydrogens (tertiary/aromatic N) is 3. The Kier molecular flexibility index (Phi) is 18.3. The minimum Gasteiger partial charge on any atom is -0.497 e. The van der Waals surface area contributed by atoms with Crippen LogP contribution in [0.2, 0.25) is 0 Å². The number of oxime groups is 1.